The molecule has 7 nitrogen and oxygen atoms in total. The molecule has 2 amide bonds. The highest BCUT2D eigenvalue weighted by Gasteiger charge is 2.07. The molecule has 0 unspecified atom stereocenters. The van der Waals surface area contributed by atoms with Gasteiger partial charge in [0.2, 0.25) is 0 Å². The molecule has 0 saturated carbocycles. The third kappa shape index (κ3) is 12.5. The van der Waals surface area contributed by atoms with Crippen LogP contribution in [0.1, 0.15) is 89.9 Å². The summed E-state index contributed by atoms with van der Waals surface area (Å²) in [6.45, 7) is 1.62. The number of nitrogens with zero attached hydrogens (tertiary/aromatic N) is 1. The minimum absolute atomic E-state index is 0.576. The predicted molar refractivity (Wildman–Crippen MR) is 98.3 cm³/mol. The van der Waals surface area contributed by atoms with Crippen LogP contribution in [0.3, 0.4) is 0 Å². The van der Waals surface area contributed by atoms with E-state index < -0.39 is 6.03 Å². The van der Waals surface area contributed by atoms with Crippen molar-refractivity contribution in [3.8, 4) is 0 Å². The first-order chi connectivity index (χ1) is 11.8. The second-order valence-electron chi connectivity index (χ2n) is 6.70. The average Bonchev–Trinajstić information content (AvgIpc) is 2.57. The Hall–Kier alpha value is -0.890. The van der Waals surface area contributed by atoms with E-state index in [9.17, 15) is 4.79 Å². The van der Waals surface area contributed by atoms with Crippen LogP contribution in [0.2, 0.25) is 0 Å². The molecule has 0 atom stereocenters. The van der Waals surface area contributed by atoms with Crippen LogP contribution in [0, 0.1) is 0 Å². The smallest absolute Gasteiger partial charge is 0.346 e. The SMILES string of the molecule is NC(=O)N1NNCCCCCCCCCCCCCCCCNN1. The van der Waals surface area contributed by atoms with E-state index >= 15 is 0 Å². The minimum Gasteiger partial charge on any atom is -0.349 e. The summed E-state index contributed by atoms with van der Waals surface area (Å²) < 4.78 is 0. The number of nitrogens with two attached hydrogens (primary N) is 1. The molecule has 1 saturated heterocycles. The van der Waals surface area contributed by atoms with E-state index in [4.69, 9.17) is 5.73 Å². The third-order valence-corrected chi connectivity index (χ3v) is 4.46. The van der Waals surface area contributed by atoms with Gasteiger partial charge in [-0.15, -0.1) is 11.1 Å². The zero-order chi connectivity index (χ0) is 17.3. The monoisotopic (exact) mass is 342 g/mol. The number of amides is 2. The molecular weight excluding hydrogens is 304 g/mol. The van der Waals surface area contributed by atoms with Gasteiger partial charge in [0.15, 0.2) is 0 Å². The molecule has 1 heterocycles. The van der Waals surface area contributed by atoms with Crippen LogP contribution in [0.5, 0.6) is 0 Å². The fourth-order valence-electron chi connectivity index (χ4n) is 2.96. The molecule has 0 aromatic rings. The first-order valence-electron chi connectivity index (χ1n) is 9.87. The Morgan fingerprint density at radius 3 is 1.17 bits per heavy atom. The highest BCUT2D eigenvalue weighted by molar-refractivity contribution is 5.70. The maximum atomic E-state index is 11.3. The first-order valence-corrected chi connectivity index (χ1v) is 9.87. The van der Waals surface area contributed by atoms with E-state index in [0.29, 0.717) is 0 Å². The molecule has 1 fully saturated rings. The highest BCUT2D eigenvalue weighted by Crippen LogP contribution is 2.12. The Morgan fingerprint density at radius 2 is 0.875 bits per heavy atom. The lowest BCUT2D eigenvalue weighted by atomic mass is 10.0. The Balaban J connectivity index is 2.21. The van der Waals surface area contributed by atoms with Gasteiger partial charge in [-0.25, -0.2) is 15.6 Å². The Kier molecular flexibility index (Phi) is 13.8. The normalized spacial score (nSPS) is 22.4. The molecule has 7 heteroatoms. The highest BCUT2D eigenvalue weighted by atomic mass is 16.2. The number of urea groups is 1. The number of hydrogen-bond acceptors (Lipinski definition) is 5. The summed E-state index contributed by atoms with van der Waals surface area (Å²) in [7, 11) is 0. The van der Waals surface area contributed by atoms with Gasteiger partial charge in [-0.3, -0.25) is 0 Å². The molecule has 24 heavy (non-hydrogen) atoms. The summed E-state index contributed by atoms with van der Waals surface area (Å²) in [6.07, 6.45) is 18.2. The summed E-state index contributed by atoms with van der Waals surface area (Å²) in [5.41, 5.74) is 16.9. The standard InChI is InChI=1S/C17H38N6O/c18-17(24)23-21-19-15-13-11-9-7-5-3-1-2-4-6-8-10-12-14-16-20-22-23/h19-22H,1-16H2,(H2,18,24). The van der Waals surface area contributed by atoms with Crippen molar-refractivity contribution in [3.05, 3.63) is 0 Å². The van der Waals surface area contributed by atoms with Crippen molar-refractivity contribution in [1.29, 1.82) is 0 Å². The zero-order valence-corrected chi connectivity index (χ0v) is 15.2. The van der Waals surface area contributed by atoms with Gasteiger partial charge in [0, 0.05) is 13.1 Å². The first kappa shape index (κ1) is 21.2. The Labute approximate surface area is 147 Å². The predicted octanol–water partition coefficient (Wildman–Crippen LogP) is 2.86. The van der Waals surface area contributed by atoms with Crippen LogP contribution in [0.15, 0.2) is 0 Å². The maximum absolute atomic E-state index is 11.3. The largest absolute Gasteiger partial charge is 0.349 e. The number of hydrazine groups is 4. The van der Waals surface area contributed by atoms with Gasteiger partial charge in [0.1, 0.15) is 0 Å². The number of carbonyl (C=O) groups is 1. The van der Waals surface area contributed by atoms with Crippen LogP contribution >= 0.6 is 0 Å². The van der Waals surface area contributed by atoms with Crippen LogP contribution < -0.4 is 27.7 Å². The number of nitrogens with one attached hydrogen (secondary N) is 4. The average molecular weight is 343 g/mol. The molecule has 0 aromatic heterocycles. The van der Waals surface area contributed by atoms with Crippen molar-refractivity contribution in [2.24, 2.45) is 5.73 Å². The fourth-order valence-corrected chi connectivity index (χ4v) is 2.96. The molecule has 1 aliphatic heterocycles. The second kappa shape index (κ2) is 15.6. The molecule has 142 valence electrons. The second-order valence-corrected chi connectivity index (χ2v) is 6.70. The van der Waals surface area contributed by atoms with E-state index in [0.717, 1.165) is 31.0 Å². The minimum atomic E-state index is -0.576. The Bertz CT molecular complexity index is 281. The van der Waals surface area contributed by atoms with Crippen molar-refractivity contribution in [2.75, 3.05) is 13.1 Å². The van der Waals surface area contributed by atoms with Crippen molar-refractivity contribution in [2.45, 2.75) is 89.9 Å². The molecule has 1 rings (SSSR count). The van der Waals surface area contributed by atoms with Gasteiger partial charge in [-0.2, -0.15) is 5.12 Å². The molecule has 0 bridgehead atoms. The lowest BCUT2D eigenvalue weighted by Crippen LogP contribution is -2.62. The van der Waals surface area contributed by atoms with Crippen molar-refractivity contribution >= 4 is 6.03 Å². The molecule has 0 aliphatic carbocycles. The Morgan fingerprint density at radius 1 is 0.583 bits per heavy atom. The molecular formula is C17H38N6O. The van der Waals surface area contributed by atoms with E-state index in [1.807, 2.05) is 0 Å². The van der Waals surface area contributed by atoms with Crippen LogP contribution in [0.25, 0.3) is 0 Å². The molecule has 0 radical (unpaired) electrons. The fraction of sp³-hybridized carbons (Fsp3) is 0.941. The van der Waals surface area contributed by atoms with Gasteiger partial charge < -0.3 is 5.73 Å². The van der Waals surface area contributed by atoms with Crippen molar-refractivity contribution in [3.63, 3.8) is 0 Å². The topological polar surface area (TPSA) is 94.5 Å². The molecule has 1 aliphatic rings. The van der Waals surface area contributed by atoms with Gasteiger partial charge in [0.25, 0.3) is 0 Å². The third-order valence-electron chi connectivity index (χ3n) is 4.46. The van der Waals surface area contributed by atoms with Crippen LogP contribution in [-0.4, -0.2) is 24.2 Å². The summed E-state index contributed by atoms with van der Waals surface area (Å²) in [6, 6.07) is -0.576. The lowest BCUT2D eigenvalue weighted by Gasteiger charge is -2.22. The molecule has 6 N–H and O–H groups in total. The van der Waals surface area contributed by atoms with E-state index in [-0.39, 0.29) is 0 Å². The van der Waals surface area contributed by atoms with Gasteiger partial charge in [0.05, 0.1) is 0 Å². The van der Waals surface area contributed by atoms with Crippen molar-refractivity contribution < 1.29 is 4.79 Å². The summed E-state index contributed by atoms with van der Waals surface area (Å²) in [5, 5.41) is 1.14. The summed E-state index contributed by atoms with van der Waals surface area (Å²) in [5.74, 6) is 0. The molecule has 0 aromatic carbocycles. The van der Waals surface area contributed by atoms with Crippen molar-refractivity contribution in [1.82, 2.24) is 27.0 Å². The maximum Gasteiger partial charge on any atom is 0.346 e. The van der Waals surface area contributed by atoms with Crippen LogP contribution in [0.4, 0.5) is 4.79 Å². The van der Waals surface area contributed by atoms with Gasteiger partial charge in [-0.1, -0.05) is 77.0 Å². The van der Waals surface area contributed by atoms with E-state index in [2.05, 4.69) is 21.9 Å². The van der Waals surface area contributed by atoms with Crippen LogP contribution in [-0.2, 0) is 0 Å². The van der Waals surface area contributed by atoms with Gasteiger partial charge >= 0.3 is 6.03 Å². The number of primary amides is 1. The number of rotatable bonds is 0. The number of carbonyl (C=O) groups excluding carboxylic acids is 1. The molecule has 0 spiro atoms. The zero-order valence-electron chi connectivity index (χ0n) is 15.2. The van der Waals surface area contributed by atoms with Gasteiger partial charge in [-0.05, 0) is 12.8 Å². The lowest BCUT2D eigenvalue weighted by molar-refractivity contribution is 0.0979. The van der Waals surface area contributed by atoms with E-state index in [1.54, 1.807) is 0 Å². The van der Waals surface area contributed by atoms with E-state index in [1.165, 1.54) is 77.0 Å². The summed E-state index contributed by atoms with van der Waals surface area (Å²) >= 11 is 0. The number of hydrogen-bond donors (Lipinski definition) is 5. The summed E-state index contributed by atoms with van der Waals surface area (Å²) in [4.78, 5) is 11.3. The quantitative estimate of drug-likeness (QED) is 0.467.